The van der Waals surface area contributed by atoms with Crippen LogP contribution in [0.5, 0.6) is 5.75 Å². The SMILES string of the molecule is C=S(C)(=O)NC(C)c1ccc(-c2c(O)ccc3[nH]c(=O)c4sccc4c23)cc1. The molecule has 4 rings (SSSR count). The predicted octanol–water partition coefficient (Wildman–Crippen LogP) is 4.03. The highest BCUT2D eigenvalue weighted by atomic mass is 32.2. The second kappa shape index (κ2) is 6.77. The number of rotatable bonds is 4. The number of hydrogen-bond acceptors (Lipinski definition) is 4. The molecule has 0 bridgehead atoms. The molecule has 7 heteroatoms. The molecule has 0 radical (unpaired) electrons. The van der Waals surface area contributed by atoms with Crippen molar-refractivity contribution in [1.29, 1.82) is 0 Å². The van der Waals surface area contributed by atoms with Crippen LogP contribution in [0, 0.1) is 0 Å². The minimum atomic E-state index is -2.31. The van der Waals surface area contributed by atoms with E-state index in [0.717, 1.165) is 21.9 Å². The van der Waals surface area contributed by atoms with E-state index in [1.807, 2.05) is 42.6 Å². The number of hydrogen-bond donors (Lipinski definition) is 3. The molecule has 144 valence electrons. The number of pyridine rings is 1. The molecule has 2 heterocycles. The molecule has 0 spiro atoms. The number of phenolic OH excluding ortho intramolecular Hbond substituents is 1. The highest BCUT2D eigenvalue weighted by Crippen LogP contribution is 2.39. The topological polar surface area (TPSA) is 82.2 Å². The summed E-state index contributed by atoms with van der Waals surface area (Å²) in [5.41, 5.74) is 3.05. The van der Waals surface area contributed by atoms with Gasteiger partial charge in [-0.05, 0) is 47.5 Å². The van der Waals surface area contributed by atoms with Gasteiger partial charge in [0.25, 0.3) is 5.56 Å². The summed E-state index contributed by atoms with van der Waals surface area (Å²) in [6.07, 6.45) is 1.57. The van der Waals surface area contributed by atoms with Crippen LogP contribution in [0.1, 0.15) is 18.5 Å². The summed E-state index contributed by atoms with van der Waals surface area (Å²) in [7, 11) is -2.31. The van der Waals surface area contributed by atoms with Crippen molar-refractivity contribution < 1.29 is 9.32 Å². The van der Waals surface area contributed by atoms with E-state index in [0.29, 0.717) is 15.8 Å². The summed E-state index contributed by atoms with van der Waals surface area (Å²) in [6, 6.07) is 12.8. The lowest BCUT2D eigenvalue weighted by molar-refractivity contribution is 0.478. The van der Waals surface area contributed by atoms with Gasteiger partial charge in [0.05, 0.1) is 0 Å². The van der Waals surface area contributed by atoms with Crippen molar-refractivity contribution >= 4 is 47.9 Å². The monoisotopic (exact) mass is 412 g/mol. The predicted molar refractivity (Wildman–Crippen MR) is 120 cm³/mol. The smallest absolute Gasteiger partial charge is 0.266 e. The number of H-pyrrole nitrogens is 1. The molecule has 0 aliphatic rings. The van der Waals surface area contributed by atoms with Gasteiger partial charge in [-0.15, -0.1) is 11.3 Å². The number of phenols is 1. The molecule has 0 saturated carbocycles. The Kier molecular flexibility index (Phi) is 4.53. The van der Waals surface area contributed by atoms with Gasteiger partial charge in [0.15, 0.2) is 0 Å². The maximum Gasteiger partial charge on any atom is 0.266 e. The summed E-state index contributed by atoms with van der Waals surface area (Å²) >= 11 is 1.38. The van der Waals surface area contributed by atoms with Crippen molar-refractivity contribution in [2.24, 2.45) is 0 Å². The Bertz CT molecular complexity index is 1350. The molecule has 0 aliphatic carbocycles. The number of aromatic amines is 1. The Morgan fingerprint density at radius 1 is 1.18 bits per heavy atom. The van der Waals surface area contributed by atoms with E-state index in [2.05, 4.69) is 15.6 Å². The number of benzene rings is 2. The van der Waals surface area contributed by atoms with Crippen molar-refractivity contribution in [2.75, 3.05) is 6.26 Å². The molecule has 0 aliphatic heterocycles. The molecule has 3 N–H and O–H groups in total. The molecular formula is C21H20N2O3S2. The minimum Gasteiger partial charge on any atom is -0.507 e. The van der Waals surface area contributed by atoms with Gasteiger partial charge in [-0.25, -0.2) is 4.72 Å². The highest BCUT2D eigenvalue weighted by molar-refractivity contribution is 7.97. The van der Waals surface area contributed by atoms with E-state index < -0.39 is 9.71 Å². The summed E-state index contributed by atoms with van der Waals surface area (Å²) < 4.78 is 15.5. The molecule has 2 aromatic carbocycles. The number of fused-ring (bicyclic) bond motifs is 3. The molecule has 0 fully saturated rings. The second-order valence-electron chi connectivity index (χ2n) is 6.97. The molecule has 0 saturated heterocycles. The fraction of sp³-hybridized carbons (Fsp3) is 0.143. The van der Waals surface area contributed by atoms with Gasteiger partial charge >= 0.3 is 0 Å². The first-order valence-corrected chi connectivity index (χ1v) is 11.7. The average molecular weight is 413 g/mol. The fourth-order valence-corrected chi connectivity index (χ4v) is 5.19. The molecule has 2 atom stereocenters. The molecule has 2 aromatic heterocycles. The Morgan fingerprint density at radius 3 is 2.57 bits per heavy atom. The van der Waals surface area contributed by atoms with Gasteiger partial charge in [0.1, 0.15) is 10.4 Å². The van der Waals surface area contributed by atoms with E-state index in [1.165, 1.54) is 11.3 Å². The number of nitrogens with one attached hydrogen (secondary N) is 2. The van der Waals surface area contributed by atoms with Crippen LogP contribution < -0.4 is 10.3 Å². The lowest BCUT2D eigenvalue weighted by Gasteiger charge is -2.16. The van der Waals surface area contributed by atoms with E-state index in [4.69, 9.17) is 0 Å². The molecule has 4 aromatic rings. The van der Waals surface area contributed by atoms with Gasteiger partial charge in [0.2, 0.25) is 0 Å². The second-order valence-corrected chi connectivity index (χ2v) is 10.1. The Hall–Kier alpha value is -2.61. The van der Waals surface area contributed by atoms with Crippen LogP contribution in [0.3, 0.4) is 0 Å². The van der Waals surface area contributed by atoms with Crippen molar-refractivity contribution in [1.82, 2.24) is 9.71 Å². The molecule has 2 unspecified atom stereocenters. The van der Waals surface area contributed by atoms with Gasteiger partial charge in [0, 0.05) is 43.9 Å². The summed E-state index contributed by atoms with van der Waals surface area (Å²) in [5.74, 6) is 3.79. The van der Waals surface area contributed by atoms with Crippen LogP contribution >= 0.6 is 11.3 Å². The first kappa shape index (κ1) is 18.7. The van der Waals surface area contributed by atoms with Crippen LogP contribution in [0.15, 0.2) is 52.6 Å². The van der Waals surface area contributed by atoms with Gasteiger partial charge in [-0.1, -0.05) is 24.3 Å². The Morgan fingerprint density at radius 2 is 1.89 bits per heavy atom. The van der Waals surface area contributed by atoms with Crippen LogP contribution in [0.25, 0.3) is 32.1 Å². The lowest BCUT2D eigenvalue weighted by atomic mass is 9.96. The van der Waals surface area contributed by atoms with Crippen molar-refractivity contribution in [3.63, 3.8) is 0 Å². The molecule has 0 amide bonds. The van der Waals surface area contributed by atoms with Crippen LogP contribution in [-0.4, -0.2) is 26.4 Å². The maximum absolute atomic E-state index is 12.3. The van der Waals surface area contributed by atoms with Crippen molar-refractivity contribution in [2.45, 2.75) is 13.0 Å². The third-order valence-electron chi connectivity index (χ3n) is 4.70. The van der Waals surface area contributed by atoms with Crippen LogP contribution in [0.2, 0.25) is 0 Å². The first-order chi connectivity index (χ1) is 13.2. The first-order valence-electron chi connectivity index (χ1n) is 8.69. The summed E-state index contributed by atoms with van der Waals surface area (Å²) in [6.45, 7) is 1.93. The minimum absolute atomic E-state index is 0.120. The van der Waals surface area contributed by atoms with Gasteiger partial charge in [-0.2, -0.15) is 0 Å². The number of aromatic nitrogens is 1. The number of aromatic hydroxyl groups is 1. The molecular weight excluding hydrogens is 392 g/mol. The zero-order chi connectivity index (χ0) is 20.1. The van der Waals surface area contributed by atoms with E-state index in [-0.39, 0.29) is 17.4 Å². The molecule has 28 heavy (non-hydrogen) atoms. The Labute approximate surface area is 166 Å². The van der Waals surface area contributed by atoms with Crippen molar-refractivity contribution in [3.8, 4) is 16.9 Å². The zero-order valence-corrected chi connectivity index (χ0v) is 17.1. The lowest BCUT2D eigenvalue weighted by Crippen LogP contribution is -2.25. The van der Waals surface area contributed by atoms with Crippen molar-refractivity contribution in [3.05, 3.63) is 63.8 Å². The van der Waals surface area contributed by atoms with Crippen LogP contribution in [-0.2, 0) is 9.71 Å². The third-order valence-corrected chi connectivity index (χ3v) is 6.46. The Balaban J connectivity index is 1.89. The van der Waals surface area contributed by atoms with E-state index in [9.17, 15) is 14.1 Å². The largest absolute Gasteiger partial charge is 0.507 e. The maximum atomic E-state index is 12.3. The average Bonchev–Trinajstić information content (AvgIpc) is 3.11. The summed E-state index contributed by atoms with van der Waals surface area (Å²) in [5, 5.41) is 14.1. The van der Waals surface area contributed by atoms with E-state index >= 15 is 0 Å². The zero-order valence-electron chi connectivity index (χ0n) is 15.5. The van der Waals surface area contributed by atoms with Gasteiger partial charge < -0.3 is 10.1 Å². The normalized spacial score (nSPS) is 14.9. The molecule has 5 nitrogen and oxygen atoms in total. The number of thiophene rings is 1. The quantitative estimate of drug-likeness (QED) is 0.443. The van der Waals surface area contributed by atoms with E-state index in [1.54, 1.807) is 18.4 Å². The highest BCUT2D eigenvalue weighted by Gasteiger charge is 2.16. The third kappa shape index (κ3) is 3.32. The van der Waals surface area contributed by atoms with Crippen LogP contribution in [0.4, 0.5) is 0 Å². The van der Waals surface area contributed by atoms with Gasteiger partial charge in [-0.3, -0.25) is 9.00 Å². The summed E-state index contributed by atoms with van der Waals surface area (Å²) in [4.78, 5) is 15.2. The fourth-order valence-electron chi connectivity index (χ4n) is 3.51. The standard InChI is InChI=1S/C21H20N2O3S2/c1-12(23-28(2,3)26)13-4-6-14(7-5-13)18-17(24)9-8-16-19(18)15-10-11-27-20(15)21(25)22-16/h4-12,24H,2H2,1,3H3,(H,22,25)(H,23,26).